The van der Waals surface area contributed by atoms with Crippen molar-refractivity contribution in [2.75, 3.05) is 18.4 Å². The third kappa shape index (κ3) is 4.43. The van der Waals surface area contributed by atoms with Gasteiger partial charge in [0, 0.05) is 24.4 Å². The first-order valence-electron chi connectivity index (χ1n) is 6.67. The van der Waals surface area contributed by atoms with Crippen molar-refractivity contribution in [3.8, 4) is 0 Å². The molecule has 1 amide bonds. The molecule has 6 nitrogen and oxygen atoms in total. The summed E-state index contributed by atoms with van der Waals surface area (Å²) >= 11 is 1.36. The van der Waals surface area contributed by atoms with Crippen LogP contribution in [0.4, 0.5) is 9.93 Å². The lowest BCUT2D eigenvalue weighted by molar-refractivity contribution is 0.0636. The number of anilines is 1. The monoisotopic (exact) mass is 299 g/mol. The maximum absolute atomic E-state index is 11.6. The zero-order valence-corrected chi connectivity index (χ0v) is 12.8. The molecule has 20 heavy (non-hydrogen) atoms. The molecule has 1 aliphatic heterocycles. The lowest BCUT2D eigenvalue weighted by Crippen LogP contribution is -2.27. The Bertz CT molecular complexity index is 470. The molecule has 112 valence electrons. The van der Waals surface area contributed by atoms with E-state index in [1.165, 1.54) is 11.3 Å². The second-order valence-corrected chi connectivity index (χ2v) is 6.82. The van der Waals surface area contributed by atoms with Gasteiger partial charge in [-0.2, -0.15) is 0 Å². The average Bonchev–Trinajstić information content (AvgIpc) is 2.87. The van der Waals surface area contributed by atoms with Crippen molar-refractivity contribution in [1.82, 2.24) is 10.3 Å². The fourth-order valence-electron chi connectivity index (χ4n) is 2.05. The molecular formula is C13H21N3O3S. The Morgan fingerprint density at radius 3 is 2.95 bits per heavy atom. The summed E-state index contributed by atoms with van der Waals surface area (Å²) in [5.74, 6) is 0.187. The summed E-state index contributed by atoms with van der Waals surface area (Å²) in [7, 11) is 0. The molecule has 0 aliphatic carbocycles. The largest absolute Gasteiger partial charge is 0.444 e. The Labute approximate surface area is 122 Å². The summed E-state index contributed by atoms with van der Waals surface area (Å²) in [4.78, 5) is 16.0. The number of hydrogen-bond acceptors (Lipinski definition) is 6. The molecule has 2 atom stereocenters. The van der Waals surface area contributed by atoms with Crippen LogP contribution in [0.3, 0.4) is 0 Å². The molecule has 7 heteroatoms. The molecule has 3 N–H and O–H groups in total. The molecule has 0 aromatic carbocycles. The molecule has 1 fully saturated rings. The Balaban J connectivity index is 1.87. The number of aromatic nitrogens is 1. The van der Waals surface area contributed by atoms with Gasteiger partial charge in [-0.1, -0.05) is 0 Å². The highest BCUT2D eigenvalue weighted by Crippen LogP contribution is 2.21. The van der Waals surface area contributed by atoms with E-state index < -0.39 is 11.7 Å². The van der Waals surface area contributed by atoms with Crippen LogP contribution >= 0.6 is 11.3 Å². The maximum Gasteiger partial charge on any atom is 0.413 e. The van der Waals surface area contributed by atoms with Gasteiger partial charge in [0.2, 0.25) is 0 Å². The van der Waals surface area contributed by atoms with Crippen LogP contribution in [0.2, 0.25) is 0 Å². The predicted molar refractivity (Wildman–Crippen MR) is 78.0 cm³/mol. The second-order valence-electron chi connectivity index (χ2n) is 5.96. The lowest BCUT2D eigenvalue weighted by Gasteiger charge is -2.18. The number of ether oxygens (including phenoxy) is 1. The first-order chi connectivity index (χ1) is 9.33. The number of β-amino-alcohol motifs (C(OH)–C–C–N with tert-alkyl or cyclic N) is 1. The summed E-state index contributed by atoms with van der Waals surface area (Å²) in [6.45, 7) is 6.88. The van der Waals surface area contributed by atoms with Crippen molar-refractivity contribution < 1.29 is 14.6 Å². The highest BCUT2D eigenvalue weighted by Gasteiger charge is 2.26. The van der Waals surface area contributed by atoms with Crippen LogP contribution < -0.4 is 10.6 Å². The third-order valence-electron chi connectivity index (χ3n) is 2.94. The zero-order valence-electron chi connectivity index (χ0n) is 12.0. The summed E-state index contributed by atoms with van der Waals surface area (Å²) in [5, 5.41) is 17.9. The molecule has 2 heterocycles. The van der Waals surface area contributed by atoms with Gasteiger partial charge in [0.25, 0.3) is 0 Å². The molecule has 0 bridgehead atoms. The number of rotatable bonds is 3. The Kier molecular flexibility index (Phi) is 4.62. The lowest BCUT2D eigenvalue weighted by atomic mass is 10.0. The van der Waals surface area contributed by atoms with E-state index in [1.54, 1.807) is 0 Å². The van der Waals surface area contributed by atoms with Crippen molar-refractivity contribution in [3.63, 3.8) is 0 Å². The molecule has 0 radical (unpaired) electrons. The normalized spacial score (nSPS) is 22.8. The molecule has 1 aromatic rings. The van der Waals surface area contributed by atoms with E-state index in [0.717, 1.165) is 12.2 Å². The van der Waals surface area contributed by atoms with Crippen LogP contribution in [-0.2, 0) is 11.2 Å². The number of thiazole rings is 1. The van der Waals surface area contributed by atoms with Gasteiger partial charge in [0.1, 0.15) is 5.60 Å². The topological polar surface area (TPSA) is 83.5 Å². The third-order valence-corrected chi connectivity index (χ3v) is 3.74. The SMILES string of the molecule is CC(C)(C)OC(=O)Nc1nc(C[C@@H]2CNC[C@H]2O)cs1. The quantitative estimate of drug-likeness (QED) is 0.790. The number of hydrogen-bond donors (Lipinski definition) is 3. The van der Waals surface area contributed by atoms with Crippen LogP contribution in [0, 0.1) is 5.92 Å². The smallest absolute Gasteiger partial charge is 0.413 e. The molecule has 1 saturated heterocycles. The molecule has 1 aromatic heterocycles. The standard InChI is InChI=1S/C13H21N3O3S/c1-13(2,3)19-12(18)16-11-15-9(7-20-11)4-8-5-14-6-10(8)17/h7-8,10,14,17H,4-6H2,1-3H3,(H,15,16,18)/t8-,10-/m1/s1. The highest BCUT2D eigenvalue weighted by atomic mass is 32.1. The minimum absolute atomic E-state index is 0.187. The first kappa shape index (κ1) is 15.2. The molecule has 2 rings (SSSR count). The van der Waals surface area contributed by atoms with Gasteiger partial charge < -0.3 is 15.2 Å². The Morgan fingerprint density at radius 1 is 1.60 bits per heavy atom. The van der Waals surface area contributed by atoms with E-state index in [1.807, 2.05) is 26.2 Å². The van der Waals surface area contributed by atoms with Gasteiger partial charge in [-0.15, -0.1) is 11.3 Å². The molecule has 0 spiro atoms. The fourth-order valence-corrected chi connectivity index (χ4v) is 2.75. The summed E-state index contributed by atoms with van der Waals surface area (Å²) < 4.78 is 5.17. The highest BCUT2D eigenvalue weighted by molar-refractivity contribution is 7.13. The molecule has 1 aliphatic rings. The maximum atomic E-state index is 11.6. The number of carbonyl (C=O) groups excluding carboxylic acids is 1. The van der Waals surface area contributed by atoms with E-state index in [-0.39, 0.29) is 12.0 Å². The molecule has 0 saturated carbocycles. The van der Waals surface area contributed by atoms with Crippen LogP contribution in [-0.4, -0.2) is 41.0 Å². The zero-order chi connectivity index (χ0) is 14.8. The number of aliphatic hydroxyl groups excluding tert-OH is 1. The van der Waals surface area contributed by atoms with E-state index in [0.29, 0.717) is 18.1 Å². The van der Waals surface area contributed by atoms with E-state index >= 15 is 0 Å². The van der Waals surface area contributed by atoms with Gasteiger partial charge in [-0.3, -0.25) is 5.32 Å². The first-order valence-corrected chi connectivity index (χ1v) is 7.54. The Morgan fingerprint density at radius 2 is 2.35 bits per heavy atom. The summed E-state index contributed by atoms with van der Waals surface area (Å²) in [6.07, 6.45) is -0.111. The van der Waals surface area contributed by atoms with Crippen LogP contribution in [0.1, 0.15) is 26.5 Å². The van der Waals surface area contributed by atoms with Crippen LogP contribution in [0.5, 0.6) is 0 Å². The van der Waals surface area contributed by atoms with Gasteiger partial charge in [-0.05, 0) is 27.2 Å². The van der Waals surface area contributed by atoms with E-state index in [2.05, 4.69) is 15.6 Å². The van der Waals surface area contributed by atoms with Crippen molar-refractivity contribution in [3.05, 3.63) is 11.1 Å². The minimum atomic E-state index is -0.524. The van der Waals surface area contributed by atoms with Crippen LogP contribution in [0.25, 0.3) is 0 Å². The van der Waals surface area contributed by atoms with Gasteiger partial charge >= 0.3 is 6.09 Å². The van der Waals surface area contributed by atoms with Gasteiger partial charge in [0.15, 0.2) is 5.13 Å². The average molecular weight is 299 g/mol. The summed E-state index contributed by atoms with van der Waals surface area (Å²) in [6, 6.07) is 0. The van der Waals surface area contributed by atoms with Crippen molar-refractivity contribution >= 4 is 22.6 Å². The number of carbonyl (C=O) groups is 1. The van der Waals surface area contributed by atoms with Crippen molar-refractivity contribution in [2.24, 2.45) is 5.92 Å². The molecular weight excluding hydrogens is 278 g/mol. The van der Waals surface area contributed by atoms with Crippen LogP contribution in [0.15, 0.2) is 5.38 Å². The van der Waals surface area contributed by atoms with Crippen molar-refractivity contribution in [2.45, 2.75) is 38.9 Å². The number of amides is 1. The van der Waals surface area contributed by atoms with Gasteiger partial charge in [-0.25, -0.2) is 9.78 Å². The predicted octanol–water partition coefficient (Wildman–Crippen LogP) is 1.61. The number of nitrogens with one attached hydrogen (secondary N) is 2. The summed E-state index contributed by atoms with van der Waals surface area (Å²) in [5.41, 5.74) is 0.359. The minimum Gasteiger partial charge on any atom is -0.444 e. The van der Waals surface area contributed by atoms with Gasteiger partial charge in [0.05, 0.1) is 11.8 Å². The fraction of sp³-hybridized carbons (Fsp3) is 0.692. The second kappa shape index (κ2) is 6.07. The molecule has 0 unspecified atom stereocenters. The van der Waals surface area contributed by atoms with E-state index in [9.17, 15) is 9.90 Å². The van der Waals surface area contributed by atoms with Crippen molar-refractivity contribution in [1.29, 1.82) is 0 Å². The Hall–Kier alpha value is -1.18. The van der Waals surface area contributed by atoms with E-state index in [4.69, 9.17) is 4.74 Å². The number of aliphatic hydroxyl groups is 1. The number of nitrogens with zero attached hydrogens (tertiary/aromatic N) is 1.